The molecule has 5 unspecified atom stereocenters. The summed E-state index contributed by atoms with van der Waals surface area (Å²) in [7, 11) is 0. The quantitative estimate of drug-likeness (QED) is 0.531. The van der Waals surface area contributed by atoms with Gasteiger partial charge in [0.2, 0.25) is 0 Å². The topological polar surface area (TPSA) is 49.7 Å². The van der Waals surface area contributed by atoms with E-state index in [-0.39, 0.29) is 12.3 Å². The standard InChI is InChI=1S/C12H13F5O3/c1-8(18)9(5-6-2-3-7(9)4-6)20-11(19,10(8,13)14)12(15,16)17/h2-3,6-7,18-19H,4-5H2,1H3. The van der Waals surface area contributed by atoms with E-state index in [1.54, 1.807) is 6.08 Å². The Morgan fingerprint density at radius 2 is 1.80 bits per heavy atom. The summed E-state index contributed by atoms with van der Waals surface area (Å²) >= 11 is 0. The average Bonchev–Trinajstić information content (AvgIpc) is 2.89. The zero-order chi connectivity index (χ0) is 15.2. The van der Waals surface area contributed by atoms with Crippen molar-refractivity contribution in [3.63, 3.8) is 0 Å². The Kier molecular flexibility index (Phi) is 2.39. The van der Waals surface area contributed by atoms with E-state index in [0.29, 0.717) is 13.3 Å². The van der Waals surface area contributed by atoms with Gasteiger partial charge in [-0.05, 0) is 25.7 Å². The van der Waals surface area contributed by atoms with Gasteiger partial charge in [0.1, 0.15) is 5.60 Å². The van der Waals surface area contributed by atoms with Crippen LogP contribution < -0.4 is 0 Å². The SMILES string of the molecule is CC1(O)C2(CC3C=CC2C3)OC(O)(C(F)(F)F)C1(F)F. The van der Waals surface area contributed by atoms with Gasteiger partial charge in [0, 0.05) is 5.92 Å². The van der Waals surface area contributed by atoms with Crippen LogP contribution in [-0.4, -0.2) is 39.3 Å². The Hall–Kier alpha value is -0.730. The minimum absolute atomic E-state index is 0.171. The van der Waals surface area contributed by atoms with Crippen LogP contribution in [0.4, 0.5) is 22.0 Å². The van der Waals surface area contributed by atoms with Crippen LogP contribution in [0.15, 0.2) is 12.2 Å². The predicted molar refractivity (Wildman–Crippen MR) is 55.7 cm³/mol. The molecule has 3 aliphatic rings. The number of alkyl halides is 5. The second-order valence-electron chi connectivity index (χ2n) is 5.97. The summed E-state index contributed by atoms with van der Waals surface area (Å²) in [5.41, 5.74) is -5.24. The van der Waals surface area contributed by atoms with E-state index in [2.05, 4.69) is 4.74 Å². The van der Waals surface area contributed by atoms with E-state index in [1.807, 2.05) is 0 Å². The van der Waals surface area contributed by atoms with Crippen LogP contribution >= 0.6 is 0 Å². The summed E-state index contributed by atoms with van der Waals surface area (Å²) < 4.78 is 71.4. The van der Waals surface area contributed by atoms with Crippen LogP contribution in [0.2, 0.25) is 0 Å². The van der Waals surface area contributed by atoms with Gasteiger partial charge in [-0.1, -0.05) is 12.2 Å². The molecule has 3 rings (SSSR count). The summed E-state index contributed by atoms with van der Waals surface area (Å²) in [6.07, 6.45) is -2.37. The van der Waals surface area contributed by atoms with Gasteiger partial charge in [0.15, 0.2) is 5.60 Å². The van der Waals surface area contributed by atoms with E-state index < -0.39 is 35.0 Å². The maximum Gasteiger partial charge on any atom is 0.449 e. The molecule has 0 aromatic rings. The van der Waals surface area contributed by atoms with Crippen LogP contribution in [0.1, 0.15) is 19.8 Å². The van der Waals surface area contributed by atoms with Gasteiger partial charge < -0.3 is 14.9 Å². The third kappa shape index (κ3) is 1.22. The number of ether oxygens (including phenoxy) is 1. The molecule has 20 heavy (non-hydrogen) atoms. The second-order valence-corrected chi connectivity index (χ2v) is 5.97. The van der Waals surface area contributed by atoms with Crippen molar-refractivity contribution >= 4 is 0 Å². The van der Waals surface area contributed by atoms with E-state index in [4.69, 9.17) is 0 Å². The molecule has 2 fully saturated rings. The first kappa shape index (κ1) is 14.2. The number of hydrogen-bond donors (Lipinski definition) is 2. The molecule has 2 bridgehead atoms. The molecule has 5 atom stereocenters. The molecule has 2 N–H and O–H groups in total. The lowest BCUT2D eigenvalue weighted by Crippen LogP contribution is -2.64. The molecule has 1 spiro atoms. The normalized spacial score (nSPS) is 53.2. The summed E-state index contributed by atoms with van der Waals surface area (Å²) in [6.45, 7) is 0.602. The van der Waals surface area contributed by atoms with E-state index >= 15 is 0 Å². The largest absolute Gasteiger partial charge is 0.449 e. The van der Waals surface area contributed by atoms with Crippen LogP contribution in [0.25, 0.3) is 0 Å². The van der Waals surface area contributed by atoms with Crippen molar-refractivity contribution in [3.8, 4) is 0 Å². The van der Waals surface area contributed by atoms with Gasteiger partial charge in [-0.25, -0.2) is 0 Å². The summed E-state index contributed by atoms with van der Waals surface area (Å²) in [5.74, 6) is -10.5. The van der Waals surface area contributed by atoms with Crippen molar-refractivity contribution in [3.05, 3.63) is 12.2 Å². The van der Waals surface area contributed by atoms with Gasteiger partial charge >= 0.3 is 17.9 Å². The summed E-state index contributed by atoms with van der Waals surface area (Å²) in [6, 6.07) is 0. The first-order valence-electron chi connectivity index (χ1n) is 6.17. The molecule has 1 aliphatic heterocycles. The zero-order valence-electron chi connectivity index (χ0n) is 10.4. The molecule has 3 nitrogen and oxygen atoms in total. The molecule has 1 heterocycles. The molecule has 1 saturated heterocycles. The molecule has 2 aliphatic carbocycles. The zero-order valence-corrected chi connectivity index (χ0v) is 10.4. The molecule has 1 saturated carbocycles. The molecule has 8 heteroatoms. The molecular formula is C12H13F5O3. The Labute approximate surface area is 111 Å². The Morgan fingerprint density at radius 1 is 1.20 bits per heavy atom. The predicted octanol–water partition coefficient (Wildman–Crippen LogP) is 1.99. The van der Waals surface area contributed by atoms with Crippen LogP contribution in [0.5, 0.6) is 0 Å². The van der Waals surface area contributed by atoms with Gasteiger partial charge in [0.25, 0.3) is 0 Å². The molecule has 0 aromatic carbocycles. The maximum absolute atomic E-state index is 14.1. The van der Waals surface area contributed by atoms with Crippen molar-refractivity contribution in [1.29, 1.82) is 0 Å². The maximum atomic E-state index is 14.1. The minimum Gasteiger partial charge on any atom is -0.381 e. The monoisotopic (exact) mass is 300 g/mol. The number of fused-ring (bicyclic) bond motifs is 3. The first-order chi connectivity index (χ1) is 8.89. The molecule has 0 amide bonds. The summed E-state index contributed by atoms with van der Waals surface area (Å²) in [4.78, 5) is 0. The molecule has 0 radical (unpaired) electrons. The van der Waals surface area contributed by atoms with Gasteiger partial charge in [-0.15, -0.1) is 0 Å². The van der Waals surface area contributed by atoms with Crippen molar-refractivity contribution in [2.45, 2.75) is 48.9 Å². The first-order valence-corrected chi connectivity index (χ1v) is 6.17. The number of aliphatic hydroxyl groups is 2. The van der Waals surface area contributed by atoms with E-state index in [1.165, 1.54) is 6.08 Å². The lowest BCUT2D eigenvalue weighted by Gasteiger charge is -2.40. The third-order valence-corrected chi connectivity index (χ3v) is 4.91. The Bertz CT molecular complexity index is 486. The number of rotatable bonds is 0. The third-order valence-electron chi connectivity index (χ3n) is 4.91. The number of hydrogen-bond acceptors (Lipinski definition) is 3. The van der Waals surface area contributed by atoms with E-state index in [9.17, 15) is 32.2 Å². The molecular weight excluding hydrogens is 287 g/mol. The number of allylic oxidation sites excluding steroid dienone is 1. The fourth-order valence-electron chi connectivity index (χ4n) is 3.75. The van der Waals surface area contributed by atoms with Crippen LogP contribution in [-0.2, 0) is 4.74 Å². The molecule has 114 valence electrons. The van der Waals surface area contributed by atoms with Crippen molar-refractivity contribution < 1.29 is 36.9 Å². The lowest BCUT2D eigenvalue weighted by atomic mass is 9.72. The second kappa shape index (κ2) is 3.36. The fourth-order valence-corrected chi connectivity index (χ4v) is 3.75. The number of halogens is 5. The summed E-state index contributed by atoms with van der Waals surface area (Å²) in [5, 5.41) is 19.6. The lowest BCUT2D eigenvalue weighted by molar-refractivity contribution is -0.417. The van der Waals surface area contributed by atoms with Crippen LogP contribution in [0, 0.1) is 11.8 Å². The highest BCUT2D eigenvalue weighted by Gasteiger charge is 2.89. The highest BCUT2D eigenvalue weighted by molar-refractivity contribution is 5.30. The smallest absolute Gasteiger partial charge is 0.381 e. The Balaban J connectivity index is 2.16. The van der Waals surface area contributed by atoms with E-state index in [0.717, 1.165) is 0 Å². The fraction of sp³-hybridized carbons (Fsp3) is 0.833. The van der Waals surface area contributed by atoms with Gasteiger partial charge in [0.05, 0.1) is 0 Å². The minimum atomic E-state index is -5.71. The Morgan fingerprint density at radius 3 is 2.15 bits per heavy atom. The van der Waals surface area contributed by atoms with Gasteiger partial charge in [-0.3, -0.25) is 0 Å². The van der Waals surface area contributed by atoms with Gasteiger partial charge in [-0.2, -0.15) is 22.0 Å². The molecule has 0 aromatic heterocycles. The van der Waals surface area contributed by atoms with Crippen molar-refractivity contribution in [2.75, 3.05) is 0 Å². The van der Waals surface area contributed by atoms with Crippen molar-refractivity contribution in [2.24, 2.45) is 11.8 Å². The van der Waals surface area contributed by atoms with Crippen molar-refractivity contribution in [1.82, 2.24) is 0 Å². The van der Waals surface area contributed by atoms with Crippen LogP contribution in [0.3, 0.4) is 0 Å². The highest BCUT2D eigenvalue weighted by atomic mass is 19.4. The average molecular weight is 300 g/mol. The highest BCUT2D eigenvalue weighted by Crippen LogP contribution is 2.67.